The first-order valence-electron chi connectivity index (χ1n) is 8.86. The second kappa shape index (κ2) is 14.6. The predicted molar refractivity (Wildman–Crippen MR) is 110 cm³/mol. The van der Waals surface area contributed by atoms with Crippen molar-refractivity contribution in [2.75, 3.05) is 6.61 Å². The van der Waals surface area contributed by atoms with Gasteiger partial charge in [0, 0.05) is 39.3 Å². The summed E-state index contributed by atoms with van der Waals surface area (Å²) in [6.45, 7) is 12.5. The summed E-state index contributed by atoms with van der Waals surface area (Å²) < 4.78 is 7.34. The largest absolute Gasteiger partial charge is 0.478 e. The summed E-state index contributed by atoms with van der Waals surface area (Å²) >= 11 is 0. The summed E-state index contributed by atoms with van der Waals surface area (Å²) in [5.41, 5.74) is 3.15. The van der Waals surface area contributed by atoms with Crippen LogP contribution in [-0.2, 0) is 45.7 Å². The number of ether oxygens (including phenoxy) is 1. The van der Waals surface area contributed by atoms with Crippen molar-refractivity contribution in [3.05, 3.63) is 53.3 Å². The summed E-state index contributed by atoms with van der Waals surface area (Å²) in [4.78, 5) is 12.9. The Bertz CT molecular complexity index is 817. The van der Waals surface area contributed by atoms with Gasteiger partial charge in [-0.15, -0.1) is 5.92 Å². The zero-order chi connectivity index (χ0) is 18.8. The van der Waals surface area contributed by atoms with Gasteiger partial charge in [0.25, 0.3) is 5.56 Å². The van der Waals surface area contributed by atoms with Crippen LogP contribution in [0.1, 0.15) is 45.9 Å². The molecule has 0 unspecified atom stereocenters. The number of benzene rings is 1. The predicted octanol–water partition coefficient (Wildman–Crippen LogP) is 4.68. The van der Waals surface area contributed by atoms with E-state index in [-0.39, 0.29) is 52.3 Å². The summed E-state index contributed by atoms with van der Waals surface area (Å²) in [7, 11) is 0. The van der Waals surface area contributed by atoms with E-state index >= 15 is 0 Å². The van der Waals surface area contributed by atoms with E-state index in [1.807, 2.05) is 58.9 Å². The zero-order valence-corrected chi connectivity index (χ0v) is 20.6. The fourth-order valence-corrected chi connectivity index (χ4v) is 2.48. The molecule has 0 fully saturated rings. The molecular formula is C22H31N2O2Y-. The summed E-state index contributed by atoms with van der Waals surface area (Å²) in [5, 5.41) is 4.43. The topological polar surface area (TPSA) is 44.1 Å². The molecule has 0 N–H and O–H groups in total. The molecule has 145 valence electrons. The minimum atomic E-state index is -0.126. The van der Waals surface area contributed by atoms with E-state index in [4.69, 9.17) is 4.74 Å². The van der Waals surface area contributed by atoms with Gasteiger partial charge < -0.3 is 12.2 Å². The molecule has 2 rings (SSSR count). The Labute approximate surface area is 189 Å². The first-order valence-corrected chi connectivity index (χ1v) is 8.86. The van der Waals surface area contributed by atoms with Gasteiger partial charge >= 0.3 is 0 Å². The van der Waals surface area contributed by atoms with Crippen LogP contribution >= 0.6 is 0 Å². The van der Waals surface area contributed by atoms with Crippen molar-refractivity contribution in [2.24, 2.45) is 0 Å². The molecule has 0 saturated carbocycles. The smallest absolute Gasteiger partial charge is 0.278 e. The molecule has 27 heavy (non-hydrogen) atoms. The van der Waals surface area contributed by atoms with Crippen LogP contribution in [0.5, 0.6) is 5.75 Å². The monoisotopic (exact) mass is 444 g/mol. The van der Waals surface area contributed by atoms with Gasteiger partial charge in [-0.3, -0.25) is 4.79 Å². The number of aryl methyl sites for hydroxylation is 3. The van der Waals surface area contributed by atoms with Crippen molar-refractivity contribution in [1.82, 2.24) is 9.78 Å². The Hall–Kier alpha value is -1.44. The Balaban J connectivity index is 0. The third kappa shape index (κ3) is 6.90. The van der Waals surface area contributed by atoms with E-state index in [9.17, 15) is 4.79 Å². The molecule has 0 atom stereocenters. The SMILES string of the molecule is CC.CC#CCOc1c(CC)nn(CC)c(=O)c1-c1ccccc1C.[CH3-].[Y]. The van der Waals surface area contributed by atoms with Gasteiger partial charge in [-0.05, 0) is 38.3 Å². The van der Waals surface area contributed by atoms with E-state index in [0.717, 1.165) is 16.8 Å². The molecule has 0 bridgehead atoms. The maximum absolute atomic E-state index is 12.9. The van der Waals surface area contributed by atoms with Crippen LogP contribution in [0.3, 0.4) is 0 Å². The van der Waals surface area contributed by atoms with E-state index < -0.39 is 0 Å². The van der Waals surface area contributed by atoms with Crippen LogP contribution in [0, 0.1) is 26.2 Å². The molecule has 5 heteroatoms. The molecule has 1 aromatic heterocycles. The third-order valence-corrected chi connectivity index (χ3v) is 3.69. The van der Waals surface area contributed by atoms with E-state index in [0.29, 0.717) is 24.3 Å². The van der Waals surface area contributed by atoms with Crippen molar-refractivity contribution in [3.63, 3.8) is 0 Å². The summed E-state index contributed by atoms with van der Waals surface area (Å²) in [5.74, 6) is 6.24. The van der Waals surface area contributed by atoms with E-state index in [1.54, 1.807) is 6.92 Å². The molecule has 1 radical (unpaired) electrons. The Morgan fingerprint density at radius 1 is 1.19 bits per heavy atom. The van der Waals surface area contributed by atoms with Crippen LogP contribution < -0.4 is 10.3 Å². The Kier molecular flexibility index (Phi) is 15.0. The minimum absolute atomic E-state index is 0. The van der Waals surface area contributed by atoms with Crippen molar-refractivity contribution < 1.29 is 37.4 Å². The number of rotatable bonds is 5. The fourth-order valence-electron chi connectivity index (χ4n) is 2.48. The molecule has 0 amide bonds. The van der Waals surface area contributed by atoms with Crippen LogP contribution in [0.25, 0.3) is 11.1 Å². The average molecular weight is 444 g/mol. The van der Waals surface area contributed by atoms with Gasteiger partial charge in [0.1, 0.15) is 12.3 Å². The summed E-state index contributed by atoms with van der Waals surface area (Å²) in [6, 6.07) is 7.83. The van der Waals surface area contributed by atoms with Gasteiger partial charge in [0.15, 0.2) is 5.75 Å². The van der Waals surface area contributed by atoms with Crippen molar-refractivity contribution in [3.8, 4) is 28.7 Å². The standard InChI is InChI=1S/C19H22N2O2.C2H6.CH3.Y/c1-5-8-13-23-18-16(6-2)20-21(7-3)19(22)17(18)15-12-10-9-11-14(15)4;1-2;;/h9-12H,6-7,13H2,1-4H3;1-2H3;1H3;/q;;-1;. The van der Waals surface area contributed by atoms with Gasteiger partial charge in [0.2, 0.25) is 0 Å². The van der Waals surface area contributed by atoms with Crippen LogP contribution in [-0.4, -0.2) is 16.4 Å². The van der Waals surface area contributed by atoms with Crippen LogP contribution in [0.4, 0.5) is 0 Å². The molecule has 0 aliphatic carbocycles. The molecule has 0 saturated heterocycles. The second-order valence-corrected chi connectivity index (χ2v) is 5.16. The van der Waals surface area contributed by atoms with Crippen molar-refractivity contribution in [2.45, 2.75) is 54.5 Å². The first kappa shape index (κ1) is 27.8. The maximum atomic E-state index is 12.9. The van der Waals surface area contributed by atoms with Gasteiger partial charge in [-0.2, -0.15) is 5.10 Å². The molecule has 0 aliphatic heterocycles. The molecule has 4 nitrogen and oxygen atoms in total. The number of hydrogen-bond acceptors (Lipinski definition) is 3. The molecule has 0 aliphatic rings. The number of nitrogens with zero attached hydrogens (tertiary/aromatic N) is 2. The molecule has 1 aromatic carbocycles. The van der Waals surface area contributed by atoms with Crippen molar-refractivity contribution >= 4 is 0 Å². The van der Waals surface area contributed by atoms with Crippen LogP contribution in [0.2, 0.25) is 0 Å². The fraction of sp³-hybridized carbons (Fsp3) is 0.409. The Morgan fingerprint density at radius 3 is 2.33 bits per heavy atom. The Morgan fingerprint density at radius 2 is 1.81 bits per heavy atom. The minimum Gasteiger partial charge on any atom is -0.478 e. The quantitative estimate of drug-likeness (QED) is 0.497. The van der Waals surface area contributed by atoms with Crippen LogP contribution in [0.15, 0.2) is 29.1 Å². The van der Waals surface area contributed by atoms with Crippen molar-refractivity contribution in [1.29, 1.82) is 0 Å². The molecular weight excluding hydrogens is 413 g/mol. The number of hydrogen-bond donors (Lipinski definition) is 0. The molecule has 1 heterocycles. The zero-order valence-electron chi connectivity index (χ0n) is 17.7. The summed E-state index contributed by atoms with van der Waals surface area (Å²) in [6.07, 6.45) is 0.689. The second-order valence-electron chi connectivity index (χ2n) is 5.16. The van der Waals surface area contributed by atoms with E-state index in [1.165, 1.54) is 4.68 Å². The molecule has 2 aromatic rings. The van der Waals surface area contributed by atoms with E-state index in [2.05, 4.69) is 16.9 Å². The first-order chi connectivity index (χ1) is 12.1. The van der Waals surface area contributed by atoms with Gasteiger partial charge in [-0.25, -0.2) is 4.68 Å². The number of aromatic nitrogens is 2. The average Bonchev–Trinajstić information content (AvgIpc) is 2.65. The van der Waals surface area contributed by atoms with Gasteiger partial charge in [-0.1, -0.05) is 51.0 Å². The maximum Gasteiger partial charge on any atom is 0.278 e. The normalized spacial score (nSPS) is 8.81. The molecule has 0 spiro atoms. The van der Waals surface area contributed by atoms with Gasteiger partial charge in [0.05, 0.1) is 5.56 Å². The third-order valence-electron chi connectivity index (χ3n) is 3.69.